The molecule has 0 amide bonds. The van der Waals surface area contributed by atoms with Gasteiger partial charge in [-0.25, -0.2) is 0 Å². The van der Waals surface area contributed by atoms with E-state index in [4.69, 9.17) is 4.98 Å². The lowest BCUT2D eigenvalue weighted by atomic mass is 9.83. The lowest BCUT2D eigenvalue weighted by Crippen LogP contribution is -1.94. The Kier molecular flexibility index (Phi) is 6.93. The summed E-state index contributed by atoms with van der Waals surface area (Å²) in [6.45, 7) is 0. The number of rotatable bonds is 4. The summed E-state index contributed by atoms with van der Waals surface area (Å²) in [6.07, 6.45) is 2.10. The SMILES string of the molecule is c1ccc(-c2c3ccccc3c(-c3cccc(-c4c5ccccc5c(-c5ccc6ccccc6c5)c5ccccc45)c3)c3cnc4ccccc4c23)cc1. The van der Waals surface area contributed by atoms with Crippen LogP contribution in [0.2, 0.25) is 0 Å². The van der Waals surface area contributed by atoms with Crippen LogP contribution in [0, 0.1) is 0 Å². The minimum absolute atomic E-state index is 1.00. The van der Waals surface area contributed by atoms with Gasteiger partial charge in [0, 0.05) is 22.4 Å². The highest BCUT2D eigenvalue weighted by Crippen LogP contribution is 2.48. The molecule has 0 saturated heterocycles. The quantitative estimate of drug-likeness (QED) is 0.133. The summed E-state index contributed by atoms with van der Waals surface area (Å²) in [4.78, 5) is 5.06. The molecule has 0 aliphatic carbocycles. The van der Waals surface area contributed by atoms with Crippen molar-refractivity contribution >= 4 is 64.8 Å². The van der Waals surface area contributed by atoms with Crippen LogP contribution in [0.15, 0.2) is 200 Å². The van der Waals surface area contributed by atoms with Crippen molar-refractivity contribution in [3.63, 3.8) is 0 Å². The van der Waals surface area contributed by atoms with E-state index in [1.165, 1.54) is 98.4 Å². The van der Waals surface area contributed by atoms with E-state index in [0.29, 0.717) is 0 Å². The highest BCUT2D eigenvalue weighted by Gasteiger charge is 2.21. The van der Waals surface area contributed by atoms with Crippen molar-refractivity contribution in [2.45, 2.75) is 0 Å². The minimum Gasteiger partial charge on any atom is -0.256 e. The Bertz CT molecular complexity index is 3210. The second kappa shape index (κ2) is 12.3. The molecule has 0 aliphatic heterocycles. The number of nitrogens with zero attached hydrogens (tertiary/aromatic N) is 1. The van der Waals surface area contributed by atoms with E-state index in [1.807, 2.05) is 0 Å². The lowest BCUT2D eigenvalue weighted by molar-refractivity contribution is 1.45. The topological polar surface area (TPSA) is 12.9 Å². The largest absolute Gasteiger partial charge is 0.256 e. The zero-order valence-corrected chi connectivity index (χ0v) is 29.5. The number of hydrogen-bond donors (Lipinski definition) is 0. The van der Waals surface area contributed by atoms with Crippen LogP contribution in [0.3, 0.4) is 0 Å². The molecule has 1 heteroatoms. The predicted molar refractivity (Wildman–Crippen MR) is 231 cm³/mol. The third-order valence-corrected chi connectivity index (χ3v) is 11.2. The van der Waals surface area contributed by atoms with Gasteiger partial charge in [0.2, 0.25) is 0 Å². The fourth-order valence-corrected chi connectivity index (χ4v) is 8.94. The Morgan fingerprint density at radius 1 is 0.259 bits per heavy atom. The number of para-hydroxylation sites is 1. The molecular formula is C53H33N. The third-order valence-electron chi connectivity index (χ3n) is 11.2. The molecule has 1 heterocycles. The molecular weight excluding hydrogens is 651 g/mol. The van der Waals surface area contributed by atoms with Crippen LogP contribution in [0.25, 0.3) is 109 Å². The molecule has 0 atom stereocenters. The van der Waals surface area contributed by atoms with Crippen molar-refractivity contribution in [1.82, 2.24) is 4.98 Å². The van der Waals surface area contributed by atoms with Gasteiger partial charge in [-0.1, -0.05) is 176 Å². The van der Waals surface area contributed by atoms with Gasteiger partial charge < -0.3 is 0 Å². The van der Waals surface area contributed by atoms with Gasteiger partial charge >= 0.3 is 0 Å². The maximum Gasteiger partial charge on any atom is 0.0708 e. The zero-order valence-electron chi connectivity index (χ0n) is 29.5. The Morgan fingerprint density at radius 3 is 1.31 bits per heavy atom. The molecule has 0 saturated carbocycles. The van der Waals surface area contributed by atoms with E-state index in [0.717, 1.165) is 10.9 Å². The van der Waals surface area contributed by atoms with Crippen LogP contribution < -0.4 is 0 Å². The predicted octanol–water partition coefficient (Wildman–Crippen LogP) is 14.7. The summed E-state index contributed by atoms with van der Waals surface area (Å²) < 4.78 is 0. The fraction of sp³-hybridized carbons (Fsp3) is 0. The minimum atomic E-state index is 1.00. The van der Waals surface area contributed by atoms with E-state index >= 15 is 0 Å². The average Bonchev–Trinajstić information content (AvgIpc) is 3.24. The Morgan fingerprint density at radius 2 is 0.704 bits per heavy atom. The molecule has 250 valence electrons. The first-order valence-electron chi connectivity index (χ1n) is 18.6. The lowest BCUT2D eigenvalue weighted by Gasteiger charge is -2.20. The summed E-state index contributed by atoms with van der Waals surface area (Å²) in [7, 11) is 0. The normalized spacial score (nSPS) is 11.7. The molecule has 0 N–H and O–H groups in total. The number of hydrogen-bond acceptors (Lipinski definition) is 1. The molecule has 0 fully saturated rings. The molecule has 0 aliphatic rings. The molecule has 54 heavy (non-hydrogen) atoms. The second-order valence-corrected chi connectivity index (χ2v) is 14.2. The maximum absolute atomic E-state index is 5.06. The van der Waals surface area contributed by atoms with Gasteiger partial charge in [-0.15, -0.1) is 0 Å². The Hall–Kier alpha value is -7.09. The number of benzene rings is 10. The highest BCUT2D eigenvalue weighted by molar-refractivity contribution is 6.28. The van der Waals surface area contributed by atoms with Gasteiger partial charge in [0.05, 0.1) is 5.52 Å². The number of fused-ring (bicyclic) bond motifs is 7. The van der Waals surface area contributed by atoms with Gasteiger partial charge in [0.25, 0.3) is 0 Å². The molecule has 1 aromatic heterocycles. The van der Waals surface area contributed by atoms with Gasteiger partial charge in [0.15, 0.2) is 0 Å². The molecule has 0 unspecified atom stereocenters. The zero-order chi connectivity index (χ0) is 35.6. The second-order valence-electron chi connectivity index (χ2n) is 14.2. The van der Waals surface area contributed by atoms with Crippen molar-refractivity contribution in [3.8, 4) is 44.5 Å². The summed E-state index contributed by atoms with van der Waals surface area (Å²) in [6, 6.07) is 70.8. The van der Waals surface area contributed by atoms with Crippen LogP contribution in [0.1, 0.15) is 0 Å². The molecule has 11 rings (SSSR count). The van der Waals surface area contributed by atoms with Crippen LogP contribution in [-0.2, 0) is 0 Å². The molecule has 0 spiro atoms. The molecule has 11 aromatic rings. The first-order valence-corrected chi connectivity index (χ1v) is 18.6. The van der Waals surface area contributed by atoms with E-state index in [-0.39, 0.29) is 0 Å². The smallest absolute Gasteiger partial charge is 0.0708 e. The van der Waals surface area contributed by atoms with Crippen molar-refractivity contribution in [2.75, 3.05) is 0 Å². The molecule has 0 bridgehead atoms. The molecule has 0 radical (unpaired) electrons. The summed E-state index contributed by atoms with van der Waals surface area (Å²) in [5.74, 6) is 0. The summed E-state index contributed by atoms with van der Waals surface area (Å²) in [5, 5.41) is 13.5. The van der Waals surface area contributed by atoms with E-state index in [1.54, 1.807) is 0 Å². The summed E-state index contributed by atoms with van der Waals surface area (Å²) >= 11 is 0. The van der Waals surface area contributed by atoms with E-state index < -0.39 is 0 Å². The first-order chi connectivity index (χ1) is 26.8. The van der Waals surface area contributed by atoms with Crippen molar-refractivity contribution < 1.29 is 0 Å². The monoisotopic (exact) mass is 683 g/mol. The van der Waals surface area contributed by atoms with E-state index in [2.05, 4.69) is 200 Å². The first kappa shape index (κ1) is 30.5. The van der Waals surface area contributed by atoms with Crippen molar-refractivity contribution in [1.29, 1.82) is 0 Å². The molecule has 1 nitrogen and oxygen atoms in total. The van der Waals surface area contributed by atoms with Crippen LogP contribution >= 0.6 is 0 Å². The third kappa shape index (κ3) is 4.69. The Labute approximate surface area is 313 Å². The molecule has 10 aromatic carbocycles. The van der Waals surface area contributed by atoms with Gasteiger partial charge in [-0.2, -0.15) is 0 Å². The van der Waals surface area contributed by atoms with Crippen molar-refractivity contribution in [2.24, 2.45) is 0 Å². The van der Waals surface area contributed by atoms with Gasteiger partial charge in [-0.3, -0.25) is 4.98 Å². The average molecular weight is 684 g/mol. The standard InChI is InChI=1S/C53H33N/c1-2-16-35(17-3-1)52-45-26-11-10-25-44(45)51(47-33-54-48-28-13-12-27-46(48)53(47)52)38-20-14-19-37(32-38)49-40-21-6-8-23-42(40)50(43-24-9-7-22-41(43)49)39-30-29-34-15-4-5-18-36(34)31-39/h1-33H. The number of aromatic nitrogens is 1. The van der Waals surface area contributed by atoms with Crippen LogP contribution in [0.5, 0.6) is 0 Å². The van der Waals surface area contributed by atoms with Gasteiger partial charge in [-0.05, 0) is 106 Å². The maximum atomic E-state index is 5.06. The number of pyridine rings is 1. The summed E-state index contributed by atoms with van der Waals surface area (Å²) in [5.41, 5.74) is 10.8. The van der Waals surface area contributed by atoms with Crippen LogP contribution in [0.4, 0.5) is 0 Å². The highest BCUT2D eigenvalue weighted by atomic mass is 14.7. The Balaban J connectivity index is 1.21. The van der Waals surface area contributed by atoms with Crippen molar-refractivity contribution in [3.05, 3.63) is 200 Å². The van der Waals surface area contributed by atoms with Gasteiger partial charge in [0.1, 0.15) is 0 Å². The van der Waals surface area contributed by atoms with E-state index in [9.17, 15) is 0 Å². The fourth-order valence-electron chi connectivity index (χ4n) is 8.94. The van der Waals surface area contributed by atoms with Crippen LogP contribution in [-0.4, -0.2) is 4.98 Å².